The molecule has 7 nitrogen and oxygen atoms in total. The van der Waals surface area contributed by atoms with E-state index in [2.05, 4.69) is 26.1 Å². The van der Waals surface area contributed by atoms with Crippen LogP contribution in [0.3, 0.4) is 0 Å². The molecule has 173 valence electrons. The number of halogens is 1. The van der Waals surface area contributed by atoms with E-state index in [1.54, 1.807) is 36.5 Å². The van der Waals surface area contributed by atoms with Crippen molar-refractivity contribution < 1.29 is 46.6 Å². The fourth-order valence-corrected chi connectivity index (χ4v) is 4.09. The van der Waals surface area contributed by atoms with Gasteiger partial charge in [-0.1, -0.05) is 19.9 Å². The van der Waals surface area contributed by atoms with Gasteiger partial charge in [-0.05, 0) is 30.3 Å². The molecule has 10 heteroatoms. The minimum Gasteiger partial charge on any atom is -0.622 e. The fraction of sp³-hybridized carbons (Fsp3) is 0.208. The predicted octanol–water partition coefficient (Wildman–Crippen LogP) is 5.61. The van der Waals surface area contributed by atoms with Gasteiger partial charge < -0.3 is 20.9 Å². The molecule has 5 rings (SSSR count). The molecular weight excluding hydrogens is 530 g/mol. The van der Waals surface area contributed by atoms with Crippen molar-refractivity contribution in [1.82, 2.24) is 20.7 Å². The van der Waals surface area contributed by atoms with Crippen LogP contribution in [0, 0.1) is 5.82 Å². The third-order valence-corrected chi connectivity index (χ3v) is 6.01. The normalized spacial score (nSPS) is 12.7. The van der Waals surface area contributed by atoms with E-state index in [4.69, 9.17) is 4.74 Å². The minimum absolute atomic E-state index is 0. The SMILES string of the molecule is CC.O=Cc1ccc(-c2cc3nccc(Oc4ccc([N-]NC5CNC5)cc4F)c3s2)nc1.[Y]. The van der Waals surface area contributed by atoms with E-state index in [0.717, 1.165) is 40.2 Å². The number of fused-ring (bicyclic) bond motifs is 1. The Hall–Kier alpha value is -2.30. The van der Waals surface area contributed by atoms with Gasteiger partial charge in [0.25, 0.3) is 0 Å². The van der Waals surface area contributed by atoms with E-state index in [0.29, 0.717) is 17.0 Å². The second-order valence-electron chi connectivity index (χ2n) is 7.04. The molecule has 0 amide bonds. The van der Waals surface area contributed by atoms with Crippen LogP contribution in [0.15, 0.2) is 54.9 Å². The first-order chi connectivity index (χ1) is 16.2. The van der Waals surface area contributed by atoms with Crippen molar-refractivity contribution in [2.75, 3.05) is 13.1 Å². The Bertz CT molecular complexity index is 1250. The van der Waals surface area contributed by atoms with E-state index in [1.165, 1.54) is 23.6 Å². The first-order valence-corrected chi connectivity index (χ1v) is 11.5. The fourth-order valence-electron chi connectivity index (χ4n) is 3.05. The third-order valence-electron chi connectivity index (χ3n) is 4.84. The van der Waals surface area contributed by atoms with Gasteiger partial charge in [0.2, 0.25) is 0 Å². The predicted molar refractivity (Wildman–Crippen MR) is 129 cm³/mol. The summed E-state index contributed by atoms with van der Waals surface area (Å²) in [5.74, 6) is 0.121. The second kappa shape index (κ2) is 12.4. The number of rotatable bonds is 7. The number of nitrogens with zero attached hydrogens (tertiary/aromatic N) is 3. The number of pyridine rings is 2. The van der Waals surface area contributed by atoms with E-state index >= 15 is 0 Å². The van der Waals surface area contributed by atoms with Crippen LogP contribution in [-0.4, -0.2) is 35.4 Å². The zero-order valence-electron chi connectivity index (χ0n) is 18.8. The number of aromatic nitrogens is 2. The van der Waals surface area contributed by atoms with Crippen molar-refractivity contribution in [1.29, 1.82) is 0 Å². The maximum Gasteiger partial charge on any atom is 0.164 e. The zero-order chi connectivity index (χ0) is 23.2. The van der Waals surface area contributed by atoms with Crippen molar-refractivity contribution in [3.8, 4) is 22.1 Å². The number of aldehydes is 1. The summed E-state index contributed by atoms with van der Waals surface area (Å²) in [6.07, 6.45) is 3.90. The van der Waals surface area contributed by atoms with Crippen LogP contribution in [0.25, 0.3) is 26.2 Å². The van der Waals surface area contributed by atoms with Crippen molar-refractivity contribution in [2.24, 2.45) is 0 Å². The van der Waals surface area contributed by atoms with Crippen LogP contribution < -0.4 is 15.5 Å². The Balaban J connectivity index is 0.00000105. The number of benzene rings is 1. The summed E-state index contributed by atoms with van der Waals surface area (Å²) in [6.45, 7) is 5.70. The summed E-state index contributed by atoms with van der Waals surface area (Å²) < 4.78 is 21.3. The maximum atomic E-state index is 14.6. The first kappa shape index (κ1) is 26.3. The van der Waals surface area contributed by atoms with Crippen molar-refractivity contribution in [3.63, 3.8) is 0 Å². The van der Waals surface area contributed by atoms with Crippen LogP contribution in [0.2, 0.25) is 0 Å². The van der Waals surface area contributed by atoms with Gasteiger partial charge in [0.15, 0.2) is 17.9 Å². The molecule has 0 atom stereocenters. The molecule has 0 saturated carbocycles. The molecule has 0 aliphatic carbocycles. The average Bonchev–Trinajstić information content (AvgIpc) is 3.26. The molecule has 1 aliphatic rings. The molecule has 0 spiro atoms. The van der Waals surface area contributed by atoms with Gasteiger partial charge in [-0.15, -0.1) is 17.0 Å². The number of thiophene rings is 1. The van der Waals surface area contributed by atoms with Crippen LogP contribution in [-0.2, 0) is 32.7 Å². The maximum absolute atomic E-state index is 14.6. The topological polar surface area (TPSA) is 90.2 Å². The Labute approximate surface area is 226 Å². The van der Waals surface area contributed by atoms with Crippen molar-refractivity contribution in [2.45, 2.75) is 19.9 Å². The van der Waals surface area contributed by atoms with Crippen LogP contribution in [0.4, 0.5) is 10.1 Å². The molecule has 4 heterocycles. The summed E-state index contributed by atoms with van der Waals surface area (Å²) in [4.78, 5) is 20.4. The van der Waals surface area contributed by atoms with E-state index in [9.17, 15) is 9.18 Å². The van der Waals surface area contributed by atoms with E-state index < -0.39 is 5.82 Å². The Kier molecular flexibility index (Phi) is 9.61. The smallest absolute Gasteiger partial charge is 0.164 e. The molecular formula is C24H23FN5O2SY-. The molecule has 0 bridgehead atoms. The number of nitrogens with one attached hydrogen (secondary N) is 2. The van der Waals surface area contributed by atoms with Crippen LogP contribution in [0.1, 0.15) is 24.2 Å². The number of hydrogen-bond acceptors (Lipinski definition) is 7. The molecule has 34 heavy (non-hydrogen) atoms. The molecule has 1 fully saturated rings. The molecule has 2 N–H and O–H groups in total. The molecule has 1 aromatic carbocycles. The van der Waals surface area contributed by atoms with Gasteiger partial charge >= 0.3 is 0 Å². The summed E-state index contributed by atoms with van der Waals surface area (Å²) in [5.41, 5.74) is 9.68. The molecule has 1 saturated heterocycles. The Morgan fingerprint density at radius 1 is 1.15 bits per heavy atom. The average molecular weight is 553 g/mol. The monoisotopic (exact) mass is 553 g/mol. The van der Waals surface area contributed by atoms with Gasteiger partial charge in [0, 0.05) is 75.9 Å². The summed E-state index contributed by atoms with van der Waals surface area (Å²) in [6, 6.07) is 12.0. The van der Waals surface area contributed by atoms with Crippen LogP contribution >= 0.6 is 11.3 Å². The molecule has 1 aliphatic heterocycles. The van der Waals surface area contributed by atoms with Gasteiger partial charge in [-0.25, -0.2) is 4.39 Å². The van der Waals surface area contributed by atoms with Gasteiger partial charge in [-0.2, -0.15) is 0 Å². The van der Waals surface area contributed by atoms with E-state index in [1.807, 2.05) is 19.9 Å². The largest absolute Gasteiger partial charge is 0.622 e. The Morgan fingerprint density at radius 3 is 2.62 bits per heavy atom. The molecule has 1 radical (unpaired) electrons. The molecule has 3 aromatic heterocycles. The van der Waals surface area contributed by atoms with Crippen molar-refractivity contribution >= 4 is 33.5 Å². The quantitative estimate of drug-likeness (QED) is 0.229. The number of hydrogen-bond donors (Lipinski definition) is 2. The summed E-state index contributed by atoms with van der Waals surface area (Å²) >= 11 is 1.44. The number of carbonyl (C=O) groups excluding carboxylic acids is 1. The molecule has 0 unspecified atom stereocenters. The van der Waals surface area contributed by atoms with Gasteiger partial charge in [0.05, 0.1) is 20.8 Å². The first-order valence-electron chi connectivity index (χ1n) is 10.6. The minimum atomic E-state index is -0.498. The zero-order valence-corrected chi connectivity index (χ0v) is 22.4. The second-order valence-corrected chi connectivity index (χ2v) is 8.09. The standard InChI is InChI=1S/C22H18FN5O2S.C2H6.Y/c23-16-7-14(27-28-15-10-24-11-15)2-4-19(16)30-20-5-6-25-18-8-21(31-22(18)20)17-3-1-13(12-29)9-26-17;1-2;/h1-9,12,15,24H,10-11H2,(H2,25,26,27,28,29);1-2H3;/p-1. The van der Waals surface area contributed by atoms with Crippen molar-refractivity contribution in [3.05, 3.63) is 71.7 Å². The summed E-state index contributed by atoms with van der Waals surface area (Å²) in [5, 5.41) is 3.14. The van der Waals surface area contributed by atoms with Gasteiger partial charge in [0.1, 0.15) is 5.75 Å². The summed E-state index contributed by atoms with van der Waals surface area (Å²) in [7, 11) is 0. The number of ether oxygens (including phenoxy) is 1. The molecule has 4 aromatic rings. The Morgan fingerprint density at radius 2 is 1.97 bits per heavy atom. The third kappa shape index (κ3) is 6.03. The number of carbonyl (C=O) groups is 1. The van der Waals surface area contributed by atoms with Gasteiger partial charge in [-0.3, -0.25) is 14.8 Å². The van der Waals surface area contributed by atoms with Crippen LogP contribution in [0.5, 0.6) is 11.5 Å². The van der Waals surface area contributed by atoms with E-state index in [-0.39, 0.29) is 44.5 Å².